The van der Waals surface area contributed by atoms with Crippen LogP contribution in [-0.4, -0.2) is 23.8 Å². The van der Waals surface area contributed by atoms with Gasteiger partial charge in [0.2, 0.25) is 0 Å². The second kappa shape index (κ2) is 4.27. The van der Waals surface area contributed by atoms with E-state index >= 15 is 0 Å². The van der Waals surface area contributed by atoms with Gasteiger partial charge in [-0.05, 0) is 36.9 Å². The Hall–Kier alpha value is -1.57. The molecule has 2 heterocycles. The Kier molecular flexibility index (Phi) is 2.73. The highest BCUT2D eigenvalue weighted by Crippen LogP contribution is 2.36. The van der Waals surface area contributed by atoms with Crippen LogP contribution in [0.5, 0.6) is 0 Å². The normalized spacial score (nSPS) is 23.5. The van der Waals surface area contributed by atoms with E-state index in [-0.39, 0.29) is 12.1 Å². The summed E-state index contributed by atoms with van der Waals surface area (Å²) < 4.78 is 1.04. The van der Waals surface area contributed by atoms with Gasteiger partial charge in [0.1, 0.15) is 6.07 Å². The van der Waals surface area contributed by atoms with Crippen molar-refractivity contribution in [1.82, 2.24) is 0 Å². The molecule has 0 bridgehead atoms. The maximum atomic E-state index is 9.86. The van der Waals surface area contributed by atoms with Gasteiger partial charge in [0.05, 0.1) is 22.4 Å². The molecule has 18 heavy (non-hydrogen) atoms. The van der Waals surface area contributed by atoms with Gasteiger partial charge in [-0.3, -0.25) is 0 Å². The average Bonchev–Trinajstić information content (AvgIpc) is 2.98. The fraction of sp³-hybridized carbons (Fsp3) is 0.357. The van der Waals surface area contributed by atoms with E-state index in [0.717, 1.165) is 34.3 Å². The molecular formula is C14H14N2OS. The number of nitrogens with zero attached hydrogens (tertiary/aromatic N) is 2. The Balaban J connectivity index is 2.14. The summed E-state index contributed by atoms with van der Waals surface area (Å²) in [6.45, 7) is 2.92. The van der Waals surface area contributed by atoms with Gasteiger partial charge < -0.3 is 10.0 Å². The molecule has 1 fully saturated rings. The van der Waals surface area contributed by atoms with Crippen LogP contribution in [0.4, 0.5) is 5.69 Å². The van der Waals surface area contributed by atoms with Crippen LogP contribution in [0.1, 0.15) is 18.9 Å². The van der Waals surface area contributed by atoms with Crippen LogP contribution in [0.25, 0.3) is 10.1 Å². The summed E-state index contributed by atoms with van der Waals surface area (Å²) in [5.74, 6) is 0. The summed E-state index contributed by atoms with van der Waals surface area (Å²) in [5.41, 5.74) is 1.87. The quantitative estimate of drug-likeness (QED) is 0.855. The second-order valence-electron chi connectivity index (χ2n) is 4.70. The molecule has 1 aromatic carbocycles. The molecule has 1 aliphatic heterocycles. The van der Waals surface area contributed by atoms with Crippen molar-refractivity contribution in [1.29, 1.82) is 5.26 Å². The molecular weight excluding hydrogens is 244 g/mol. The molecule has 1 saturated heterocycles. The Morgan fingerprint density at radius 1 is 1.44 bits per heavy atom. The molecule has 3 rings (SSSR count). The first-order valence-electron chi connectivity index (χ1n) is 6.07. The maximum absolute atomic E-state index is 9.86. The number of aliphatic hydroxyl groups is 1. The third-order valence-electron chi connectivity index (χ3n) is 3.74. The lowest BCUT2D eigenvalue weighted by atomic mass is 10.1. The number of aliphatic hydroxyl groups excluding tert-OH is 1. The van der Waals surface area contributed by atoms with Gasteiger partial charge in [-0.1, -0.05) is 0 Å². The van der Waals surface area contributed by atoms with Crippen LogP contribution in [-0.2, 0) is 0 Å². The van der Waals surface area contributed by atoms with E-state index in [0.29, 0.717) is 0 Å². The average molecular weight is 258 g/mol. The molecule has 92 valence electrons. The molecule has 0 amide bonds. The summed E-state index contributed by atoms with van der Waals surface area (Å²) >= 11 is 1.60. The Bertz CT molecular complexity index is 628. The molecule has 4 heteroatoms. The molecule has 0 spiro atoms. The molecule has 1 N–H and O–H groups in total. The van der Waals surface area contributed by atoms with Crippen molar-refractivity contribution in [3.05, 3.63) is 29.1 Å². The number of hydrogen-bond acceptors (Lipinski definition) is 4. The maximum Gasteiger partial charge on any atom is 0.101 e. The van der Waals surface area contributed by atoms with Crippen LogP contribution >= 0.6 is 11.3 Å². The minimum Gasteiger partial charge on any atom is -0.391 e. The highest BCUT2D eigenvalue weighted by molar-refractivity contribution is 7.17. The van der Waals surface area contributed by atoms with E-state index in [9.17, 15) is 5.11 Å². The molecule has 0 aliphatic carbocycles. The summed E-state index contributed by atoms with van der Waals surface area (Å²) in [7, 11) is 0. The van der Waals surface area contributed by atoms with E-state index < -0.39 is 0 Å². The number of benzene rings is 1. The smallest absolute Gasteiger partial charge is 0.101 e. The summed E-state index contributed by atoms with van der Waals surface area (Å²) in [6, 6.07) is 8.32. The van der Waals surface area contributed by atoms with Crippen LogP contribution in [0.15, 0.2) is 23.6 Å². The first kappa shape index (κ1) is 11.5. The lowest BCUT2D eigenvalue weighted by molar-refractivity contribution is 0.170. The number of hydrogen-bond donors (Lipinski definition) is 1. The predicted octanol–water partition coefficient (Wildman–Crippen LogP) is 2.73. The molecule has 0 radical (unpaired) electrons. The van der Waals surface area contributed by atoms with Gasteiger partial charge >= 0.3 is 0 Å². The highest BCUT2D eigenvalue weighted by atomic mass is 32.1. The predicted molar refractivity (Wildman–Crippen MR) is 74.0 cm³/mol. The Morgan fingerprint density at radius 3 is 2.94 bits per heavy atom. The Morgan fingerprint density at radius 2 is 2.28 bits per heavy atom. The zero-order valence-corrected chi connectivity index (χ0v) is 10.9. The third kappa shape index (κ3) is 1.59. The van der Waals surface area contributed by atoms with E-state index in [1.807, 2.05) is 24.4 Å². The minimum atomic E-state index is -0.255. The van der Waals surface area contributed by atoms with E-state index in [2.05, 4.69) is 17.0 Å². The van der Waals surface area contributed by atoms with Crippen molar-refractivity contribution < 1.29 is 5.11 Å². The van der Waals surface area contributed by atoms with E-state index in [4.69, 9.17) is 5.26 Å². The van der Waals surface area contributed by atoms with Crippen molar-refractivity contribution in [3.63, 3.8) is 0 Å². The van der Waals surface area contributed by atoms with Crippen molar-refractivity contribution in [2.24, 2.45) is 0 Å². The zero-order chi connectivity index (χ0) is 12.7. The highest BCUT2D eigenvalue weighted by Gasteiger charge is 2.30. The number of rotatable bonds is 1. The fourth-order valence-electron chi connectivity index (χ4n) is 2.65. The van der Waals surface area contributed by atoms with Gasteiger partial charge in [0.15, 0.2) is 0 Å². The molecule has 2 atom stereocenters. The molecule has 1 aliphatic rings. The van der Waals surface area contributed by atoms with Gasteiger partial charge in [-0.15, -0.1) is 11.3 Å². The van der Waals surface area contributed by atoms with Gasteiger partial charge in [-0.25, -0.2) is 0 Å². The zero-order valence-electron chi connectivity index (χ0n) is 10.1. The molecule has 2 aromatic rings. The summed E-state index contributed by atoms with van der Waals surface area (Å²) in [6.07, 6.45) is 0.557. The molecule has 1 aromatic heterocycles. The fourth-order valence-corrected chi connectivity index (χ4v) is 3.53. The molecule has 0 saturated carbocycles. The first-order chi connectivity index (χ1) is 8.72. The summed E-state index contributed by atoms with van der Waals surface area (Å²) in [5, 5.41) is 22.1. The topological polar surface area (TPSA) is 47.3 Å². The van der Waals surface area contributed by atoms with Crippen molar-refractivity contribution in [2.75, 3.05) is 11.4 Å². The van der Waals surface area contributed by atoms with Gasteiger partial charge in [0.25, 0.3) is 0 Å². The largest absolute Gasteiger partial charge is 0.391 e. The standard InChI is InChI=1S/C14H14N2OS/c1-9-13(17)4-6-16(9)12-3-2-10(8-15)14-11(12)5-7-18-14/h2-3,5,7,9,13,17H,4,6H2,1H3/t9-,13-/m1/s1. The number of anilines is 1. The molecule has 3 nitrogen and oxygen atoms in total. The first-order valence-corrected chi connectivity index (χ1v) is 6.95. The lowest BCUT2D eigenvalue weighted by Crippen LogP contribution is -2.32. The second-order valence-corrected chi connectivity index (χ2v) is 5.61. The van der Waals surface area contributed by atoms with Gasteiger partial charge in [-0.2, -0.15) is 5.26 Å². The number of thiophene rings is 1. The monoisotopic (exact) mass is 258 g/mol. The van der Waals surface area contributed by atoms with Crippen molar-refractivity contribution in [3.8, 4) is 6.07 Å². The Labute approximate surface area is 110 Å². The minimum absolute atomic E-state index is 0.140. The van der Waals surface area contributed by atoms with Crippen LogP contribution in [0.3, 0.4) is 0 Å². The number of nitriles is 1. The van der Waals surface area contributed by atoms with E-state index in [1.54, 1.807) is 11.3 Å². The summed E-state index contributed by atoms with van der Waals surface area (Å²) in [4.78, 5) is 2.24. The molecule has 0 unspecified atom stereocenters. The van der Waals surface area contributed by atoms with Crippen LogP contribution in [0, 0.1) is 11.3 Å². The van der Waals surface area contributed by atoms with Crippen LogP contribution < -0.4 is 4.90 Å². The number of fused-ring (bicyclic) bond motifs is 1. The van der Waals surface area contributed by atoms with Crippen molar-refractivity contribution >= 4 is 27.1 Å². The van der Waals surface area contributed by atoms with Gasteiger partial charge in [0, 0.05) is 17.6 Å². The van der Waals surface area contributed by atoms with Crippen LogP contribution in [0.2, 0.25) is 0 Å². The van der Waals surface area contributed by atoms with Crippen molar-refractivity contribution in [2.45, 2.75) is 25.5 Å². The third-order valence-corrected chi connectivity index (χ3v) is 4.69. The lowest BCUT2D eigenvalue weighted by Gasteiger charge is -2.25. The van der Waals surface area contributed by atoms with E-state index in [1.165, 1.54) is 0 Å². The SMILES string of the molecule is C[C@@H]1[C@H](O)CCN1c1ccc(C#N)c2sccc12.